The maximum absolute atomic E-state index is 13.5. The molecule has 4 N–H and O–H groups in total. The van der Waals surface area contributed by atoms with E-state index in [0.29, 0.717) is 73.6 Å². The SMILES string of the molecule is C#Cc1cc(Nc2nccc(Oc3ccc(NC(=O)Nc4cc(C(C)(C)C)nn4-c4ccc(C)cc4)c4ccccc34)n2)cc(C(=O)NCCOCCOCCOC)c1. The minimum atomic E-state index is -0.428. The van der Waals surface area contributed by atoms with Crippen molar-refractivity contribution in [2.24, 2.45) is 0 Å². The minimum absolute atomic E-state index is 0.225. The molecule has 0 bridgehead atoms. The Bertz CT molecular complexity index is 2430. The highest BCUT2D eigenvalue weighted by Gasteiger charge is 2.22. The molecule has 304 valence electrons. The first kappa shape index (κ1) is 41.8. The monoisotopic (exact) mass is 796 g/mol. The molecule has 3 amide bonds. The topological polar surface area (TPSA) is 163 Å². The van der Waals surface area contributed by atoms with Crippen LogP contribution in [0.5, 0.6) is 11.6 Å². The Hall–Kier alpha value is -6.79. The quantitative estimate of drug-likeness (QED) is 0.0526. The molecule has 4 aromatic carbocycles. The summed E-state index contributed by atoms with van der Waals surface area (Å²) in [7, 11) is 1.61. The number of nitrogens with one attached hydrogen (secondary N) is 4. The van der Waals surface area contributed by atoms with Crippen molar-refractivity contribution >= 4 is 45.9 Å². The van der Waals surface area contributed by atoms with Crippen LogP contribution in [-0.2, 0) is 19.6 Å². The summed E-state index contributed by atoms with van der Waals surface area (Å²) in [4.78, 5) is 35.4. The maximum Gasteiger partial charge on any atom is 0.324 e. The molecule has 0 aliphatic heterocycles. The molecule has 0 aliphatic rings. The summed E-state index contributed by atoms with van der Waals surface area (Å²) in [5.41, 5.74) is 4.52. The van der Waals surface area contributed by atoms with Gasteiger partial charge in [-0.1, -0.05) is 68.7 Å². The number of nitrogens with zero attached hydrogens (tertiary/aromatic N) is 4. The van der Waals surface area contributed by atoms with E-state index < -0.39 is 6.03 Å². The molecule has 0 radical (unpaired) electrons. The fourth-order valence-corrected chi connectivity index (χ4v) is 5.88. The average molecular weight is 797 g/mol. The predicted octanol–water partition coefficient (Wildman–Crippen LogP) is 7.99. The molecular formula is C45H48N8O6. The lowest BCUT2D eigenvalue weighted by atomic mass is 9.92. The van der Waals surface area contributed by atoms with Crippen molar-refractivity contribution in [3.63, 3.8) is 0 Å². The predicted molar refractivity (Wildman–Crippen MR) is 229 cm³/mol. The van der Waals surface area contributed by atoms with Crippen molar-refractivity contribution in [1.29, 1.82) is 0 Å². The number of urea groups is 1. The number of carbonyl (C=O) groups excluding carboxylic acids is 2. The van der Waals surface area contributed by atoms with Gasteiger partial charge in [-0.2, -0.15) is 10.1 Å². The van der Waals surface area contributed by atoms with Gasteiger partial charge in [0, 0.05) is 65.0 Å². The molecule has 0 fully saturated rings. The molecule has 0 unspecified atom stereocenters. The number of methoxy groups -OCH3 is 1. The van der Waals surface area contributed by atoms with Crippen molar-refractivity contribution < 1.29 is 28.5 Å². The molecule has 0 atom stereocenters. The molecule has 0 saturated heterocycles. The van der Waals surface area contributed by atoms with E-state index in [0.717, 1.165) is 27.7 Å². The van der Waals surface area contributed by atoms with Crippen LogP contribution in [0.15, 0.2) is 97.2 Å². The van der Waals surface area contributed by atoms with Crippen LogP contribution in [0.25, 0.3) is 16.5 Å². The van der Waals surface area contributed by atoms with Gasteiger partial charge in [0.25, 0.3) is 5.91 Å². The molecule has 14 nitrogen and oxygen atoms in total. The summed E-state index contributed by atoms with van der Waals surface area (Å²) >= 11 is 0. The minimum Gasteiger partial charge on any atom is -0.438 e. The molecule has 2 aromatic heterocycles. The van der Waals surface area contributed by atoms with Crippen LogP contribution in [0.1, 0.15) is 48.0 Å². The lowest BCUT2D eigenvalue weighted by Crippen LogP contribution is -2.27. The van der Waals surface area contributed by atoms with E-state index in [2.05, 4.69) is 57.9 Å². The van der Waals surface area contributed by atoms with Gasteiger partial charge in [-0.3, -0.25) is 10.1 Å². The Morgan fingerprint density at radius 1 is 0.847 bits per heavy atom. The smallest absolute Gasteiger partial charge is 0.324 e. The molecule has 14 heteroatoms. The van der Waals surface area contributed by atoms with E-state index in [1.165, 1.54) is 0 Å². The van der Waals surface area contributed by atoms with Gasteiger partial charge >= 0.3 is 6.03 Å². The molecular weight excluding hydrogens is 749 g/mol. The molecule has 6 rings (SSSR count). The highest BCUT2D eigenvalue weighted by atomic mass is 16.5. The zero-order chi connectivity index (χ0) is 41.8. The van der Waals surface area contributed by atoms with Crippen molar-refractivity contribution in [3.05, 3.63) is 120 Å². The summed E-state index contributed by atoms with van der Waals surface area (Å²) in [5.74, 6) is 3.82. The number of carbonyl (C=O) groups is 2. The number of fused-ring (bicyclic) bond motifs is 1. The summed E-state index contributed by atoms with van der Waals surface area (Å²) in [6, 6.07) is 27.2. The lowest BCUT2D eigenvalue weighted by Gasteiger charge is -2.14. The number of rotatable bonds is 17. The van der Waals surface area contributed by atoms with Gasteiger partial charge in [-0.25, -0.2) is 14.5 Å². The Kier molecular flexibility index (Phi) is 13.9. The Balaban J connectivity index is 1.12. The van der Waals surface area contributed by atoms with Gasteiger partial charge in [0.15, 0.2) is 0 Å². The van der Waals surface area contributed by atoms with Crippen LogP contribution < -0.4 is 26.0 Å². The van der Waals surface area contributed by atoms with E-state index in [9.17, 15) is 9.59 Å². The van der Waals surface area contributed by atoms with Crippen molar-refractivity contribution in [1.82, 2.24) is 25.1 Å². The second-order valence-corrected chi connectivity index (χ2v) is 14.5. The lowest BCUT2D eigenvalue weighted by molar-refractivity contribution is 0.0255. The largest absolute Gasteiger partial charge is 0.438 e. The first-order chi connectivity index (χ1) is 28.5. The molecule has 0 saturated carbocycles. The van der Waals surface area contributed by atoms with Gasteiger partial charge in [0.05, 0.1) is 50.1 Å². The summed E-state index contributed by atoms with van der Waals surface area (Å²) < 4.78 is 23.9. The Morgan fingerprint density at radius 3 is 2.34 bits per heavy atom. The number of ether oxygens (including phenoxy) is 4. The number of aromatic nitrogens is 4. The average Bonchev–Trinajstić information content (AvgIpc) is 3.65. The summed E-state index contributed by atoms with van der Waals surface area (Å²) in [5, 5.41) is 18.3. The molecule has 59 heavy (non-hydrogen) atoms. The van der Waals surface area contributed by atoms with Crippen LogP contribution in [0.3, 0.4) is 0 Å². The van der Waals surface area contributed by atoms with E-state index in [4.69, 9.17) is 30.5 Å². The normalized spacial score (nSPS) is 11.2. The highest BCUT2D eigenvalue weighted by molar-refractivity contribution is 6.07. The van der Waals surface area contributed by atoms with Crippen LogP contribution >= 0.6 is 0 Å². The number of terminal acetylenes is 1. The van der Waals surface area contributed by atoms with Gasteiger partial charge in [-0.05, 0) is 49.4 Å². The van der Waals surface area contributed by atoms with Crippen LogP contribution in [0.2, 0.25) is 0 Å². The summed E-state index contributed by atoms with van der Waals surface area (Å²) in [6.45, 7) is 10.8. The van der Waals surface area contributed by atoms with Crippen molar-refractivity contribution in [2.45, 2.75) is 33.1 Å². The third kappa shape index (κ3) is 11.4. The first-order valence-electron chi connectivity index (χ1n) is 19.1. The van der Waals surface area contributed by atoms with Crippen molar-refractivity contribution in [2.75, 3.05) is 62.6 Å². The standard InChI is InChI=1S/C45H48N8O6/c1-7-31-26-32(42(54)46-20-21-57-24-25-58-23-22-56-6)28-33(27-31)48-43-47-19-18-41(51-43)59-38-17-16-37(35-10-8-9-11-36(35)38)49-44(55)50-40-29-39(45(3,4)5)52-53(40)34-14-12-30(2)13-15-34/h1,8-19,26-29H,20-25H2,2-6H3,(H,46,54)(H,47,48,51)(H2,49,50,55). The second kappa shape index (κ2) is 19.6. The van der Waals surface area contributed by atoms with E-state index >= 15 is 0 Å². The zero-order valence-electron chi connectivity index (χ0n) is 33.8. The second-order valence-electron chi connectivity index (χ2n) is 14.5. The fraction of sp³-hybridized carbons (Fsp3) is 0.267. The fourth-order valence-electron chi connectivity index (χ4n) is 5.88. The molecule has 0 spiro atoms. The third-order valence-corrected chi connectivity index (χ3v) is 8.93. The first-order valence-corrected chi connectivity index (χ1v) is 19.1. The van der Waals surface area contributed by atoms with E-state index in [-0.39, 0.29) is 23.2 Å². The zero-order valence-corrected chi connectivity index (χ0v) is 33.8. The van der Waals surface area contributed by atoms with E-state index in [1.807, 2.05) is 61.5 Å². The molecule has 0 aliphatic carbocycles. The number of anilines is 4. The van der Waals surface area contributed by atoms with Crippen LogP contribution in [0.4, 0.5) is 27.9 Å². The van der Waals surface area contributed by atoms with Gasteiger partial charge in [0.2, 0.25) is 11.8 Å². The third-order valence-electron chi connectivity index (χ3n) is 8.93. The number of hydrogen-bond donors (Lipinski definition) is 4. The van der Waals surface area contributed by atoms with Gasteiger partial charge in [0.1, 0.15) is 11.6 Å². The number of amides is 3. The van der Waals surface area contributed by atoms with Gasteiger partial charge in [-0.15, -0.1) is 6.42 Å². The number of hydrogen-bond acceptors (Lipinski definition) is 10. The Morgan fingerprint density at radius 2 is 1.59 bits per heavy atom. The van der Waals surface area contributed by atoms with Gasteiger partial charge < -0.3 is 34.9 Å². The van der Waals surface area contributed by atoms with Crippen LogP contribution in [-0.4, -0.2) is 78.4 Å². The number of benzene rings is 4. The maximum atomic E-state index is 13.5. The Labute approximate surface area is 343 Å². The van der Waals surface area contributed by atoms with E-state index in [1.54, 1.807) is 54.4 Å². The highest BCUT2D eigenvalue weighted by Crippen LogP contribution is 2.35. The number of aryl methyl sites for hydroxylation is 1. The summed E-state index contributed by atoms with van der Waals surface area (Å²) in [6.07, 6.45) is 7.28. The van der Waals surface area contributed by atoms with Crippen molar-refractivity contribution in [3.8, 4) is 29.7 Å². The van der Waals surface area contributed by atoms with Crippen LogP contribution in [0, 0.1) is 19.3 Å². The molecule has 2 heterocycles. The molecule has 6 aromatic rings.